The molecule has 0 radical (unpaired) electrons. The van der Waals surface area contributed by atoms with Crippen LogP contribution in [0.25, 0.3) is 0 Å². The number of aliphatic carboxylic acids is 1. The minimum absolute atomic E-state index is 0.0330. The van der Waals surface area contributed by atoms with E-state index in [9.17, 15) is 19.7 Å². The molecule has 1 rings (SSSR count). The number of nitrogens with zero attached hydrogens (tertiary/aromatic N) is 3. The van der Waals surface area contributed by atoms with Crippen molar-refractivity contribution >= 4 is 29.3 Å². The van der Waals surface area contributed by atoms with Crippen molar-refractivity contribution in [3.05, 3.63) is 15.8 Å². The molecule has 0 bridgehead atoms. The van der Waals surface area contributed by atoms with Gasteiger partial charge in [-0.15, -0.1) is 0 Å². The van der Waals surface area contributed by atoms with Gasteiger partial charge in [-0.3, -0.25) is 19.6 Å². The molecular weight excluding hydrogens is 288 g/mol. The van der Waals surface area contributed by atoms with Crippen LogP contribution in [0.4, 0.5) is 5.69 Å². The lowest BCUT2D eigenvalue weighted by Crippen LogP contribution is -2.41. The number of hydrogen-bond donors (Lipinski definition) is 2. The Bertz CT molecular complexity index is 556. The molecule has 0 saturated carbocycles. The zero-order chi connectivity index (χ0) is 15.4. The molecule has 0 fully saturated rings. The number of carbonyl (C=O) groups is 2. The van der Waals surface area contributed by atoms with Gasteiger partial charge in [0, 0.05) is 19.7 Å². The van der Waals surface area contributed by atoms with E-state index in [1.165, 1.54) is 25.6 Å². The quantitative estimate of drug-likeness (QED) is 0.440. The summed E-state index contributed by atoms with van der Waals surface area (Å²) in [6, 6.07) is -1.12. The van der Waals surface area contributed by atoms with Crippen molar-refractivity contribution < 1.29 is 19.6 Å². The summed E-state index contributed by atoms with van der Waals surface area (Å²) in [5.41, 5.74) is 0.107. The first-order valence-electron chi connectivity index (χ1n) is 5.54. The Morgan fingerprint density at radius 1 is 1.60 bits per heavy atom. The first-order chi connectivity index (χ1) is 9.23. The molecule has 1 heterocycles. The summed E-state index contributed by atoms with van der Waals surface area (Å²) >= 11 is 0.964. The van der Waals surface area contributed by atoms with Gasteiger partial charge in [-0.2, -0.15) is 5.10 Å². The highest BCUT2D eigenvalue weighted by Gasteiger charge is 2.27. The average Bonchev–Trinajstić information content (AvgIpc) is 2.58. The Balaban J connectivity index is 2.90. The molecule has 0 saturated heterocycles. The number of aryl methyl sites for hydroxylation is 2. The van der Waals surface area contributed by atoms with Crippen LogP contribution in [0.5, 0.6) is 0 Å². The number of aromatic nitrogens is 2. The number of rotatable bonds is 6. The van der Waals surface area contributed by atoms with Crippen LogP contribution in [-0.4, -0.2) is 43.5 Å². The molecule has 0 spiro atoms. The maximum absolute atomic E-state index is 11.0. The van der Waals surface area contributed by atoms with Gasteiger partial charge < -0.3 is 10.4 Å². The molecule has 2 N–H and O–H groups in total. The second-order valence-electron chi connectivity index (χ2n) is 4.02. The molecule has 1 aromatic heterocycles. The van der Waals surface area contributed by atoms with E-state index in [-0.39, 0.29) is 22.2 Å². The first-order valence-corrected chi connectivity index (χ1v) is 6.53. The minimum Gasteiger partial charge on any atom is -0.480 e. The van der Waals surface area contributed by atoms with Gasteiger partial charge in [-0.25, -0.2) is 4.79 Å². The number of thioether (sulfide) groups is 1. The van der Waals surface area contributed by atoms with Gasteiger partial charge in [0.1, 0.15) is 11.7 Å². The molecule has 0 aromatic carbocycles. The standard InChI is InChI=1S/C10H14N4O5S/c1-5-8(14(18)19)9(13(3)12-5)20-4-7(10(16)17)11-6(2)15/h7H,4H2,1-3H3,(H,11,15)(H,16,17). The maximum Gasteiger partial charge on any atom is 0.327 e. The minimum atomic E-state index is -1.20. The highest BCUT2D eigenvalue weighted by Crippen LogP contribution is 2.31. The van der Waals surface area contributed by atoms with Gasteiger partial charge in [0.05, 0.1) is 4.92 Å². The number of carbonyl (C=O) groups excluding carboxylic acids is 1. The van der Waals surface area contributed by atoms with Gasteiger partial charge in [0.15, 0.2) is 5.03 Å². The zero-order valence-electron chi connectivity index (χ0n) is 11.1. The van der Waals surface area contributed by atoms with Crippen molar-refractivity contribution in [2.24, 2.45) is 7.05 Å². The molecule has 110 valence electrons. The molecular formula is C10H14N4O5S. The molecule has 1 amide bonds. The third kappa shape index (κ3) is 3.70. The number of nitrogens with one attached hydrogen (secondary N) is 1. The summed E-state index contributed by atoms with van der Waals surface area (Å²) < 4.78 is 1.32. The van der Waals surface area contributed by atoms with Gasteiger partial charge in [0.25, 0.3) is 0 Å². The van der Waals surface area contributed by atoms with Crippen LogP contribution in [0.1, 0.15) is 12.6 Å². The van der Waals surface area contributed by atoms with E-state index in [4.69, 9.17) is 5.11 Å². The number of nitro groups is 1. The van der Waals surface area contributed by atoms with E-state index in [1.807, 2.05) is 0 Å². The molecule has 0 aliphatic rings. The Hall–Kier alpha value is -2.10. The van der Waals surface area contributed by atoms with Crippen molar-refractivity contribution in [1.82, 2.24) is 15.1 Å². The number of carboxylic acids is 1. The summed E-state index contributed by atoms with van der Waals surface area (Å²) in [6.45, 7) is 2.71. The lowest BCUT2D eigenvalue weighted by atomic mass is 10.3. The molecule has 1 unspecified atom stereocenters. The fourth-order valence-corrected chi connectivity index (χ4v) is 2.72. The SMILES string of the molecule is CC(=O)NC(CSc1c([N+](=O)[O-])c(C)nn1C)C(=O)O. The van der Waals surface area contributed by atoms with Crippen molar-refractivity contribution in [2.45, 2.75) is 24.9 Å². The average molecular weight is 302 g/mol. The lowest BCUT2D eigenvalue weighted by molar-refractivity contribution is -0.388. The van der Waals surface area contributed by atoms with Crippen LogP contribution in [-0.2, 0) is 16.6 Å². The summed E-state index contributed by atoms with van der Waals surface area (Å²) in [7, 11) is 1.54. The molecule has 9 nitrogen and oxygen atoms in total. The van der Waals surface area contributed by atoms with Crippen LogP contribution in [0.3, 0.4) is 0 Å². The fraction of sp³-hybridized carbons (Fsp3) is 0.500. The smallest absolute Gasteiger partial charge is 0.327 e. The Labute approximate surface area is 118 Å². The number of hydrogen-bond acceptors (Lipinski definition) is 6. The van der Waals surface area contributed by atoms with Gasteiger partial charge in [0.2, 0.25) is 5.91 Å². The summed E-state index contributed by atoms with van der Waals surface area (Å²) in [5.74, 6) is -1.71. The Morgan fingerprint density at radius 3 is 2.65 bits per heavy atom. The van der Waals surface area contributed by atoms with Gasteiger partial charge in [-0.05, 0) is 6.92 Å². The summed E-state index contributed by atoms with van der Waals surface area (Å²) in [5, 5.41) is 26.4. The highest BCUT2D eigenvalue weighted by atomic mass is 32.2. The first kappa shape index (κ1) is 16.0. The molecule has 0 aliphatic carbocycles. The van der Waals surface area contributed by atoms with Crippen molar-refractivity contribution in [2.75, 3.05) is 5.75 Å². The van der Waals surface area contributed by atoms with E-state index in [0.29, 0.717) is 0 Å². The monoisotopic (exact) mass is 302 g/mol. The topological polar surface area (TPSA) is 127 Å². The zero-order valence-corrected chi connectivity index (χ0v) is 11.9. The second-order valence-corrected chi connectivity index (χ2v) is 5.03. The van der Waals surface area contributed by atoms with E-state index < -0.39 is 22.8 Å². The molecule has 10 heteroatoms. The molecule has 20 heavy (non-hydrogen) atoms. The third-order valence-corrected chi connectivity index (χ3v) is 3.62. The van der Waals surface area contributed by atoms with Gasteiger partial charge in [-0.1, -0.05) is 11.8 Å². The van der Waals surface area contributed by atoms with Crippen LogP contribution in [0.15, 0.2) is 5.03 Å². The normalized spacial score (nSPS) is 11.9. The molecule has 1 aromatic rings. The Kier molecular flexibility index (Phi) is 5.08. The largest absolute Gasteiger partial charge is 0.480 e. The predicted molar refractivity (Wildman–Crippen MR) is 70.6 cm³/mol. The van der Waals surface area contributed by atoms with Crippen LogP contribution < -0.4 is 5.32 Å². The summed E-state index contributed by atoms with van der Waals surface area (Å²) in [4.78, 5) is 32.3. The van der Waals surface area contributed by atoms with Crippen LogP contribution >= 0.6 is 11.8 Å². The van der Waals surface area contributed by atoms with E-state index in [2.05, 4.69) is 10.4 Å². The third-order valence-electron chi connectivity index (χ3n) is 2.38. The van der Waals surface area contributed by atoms with Crippen molar-refractivity contribution in [3.8, 4) is 0 Å². The number of amides is 1. The fourth-order valence-electron chi connectivity index (χ4n) is 1.58. The van der Waals surface area contributed by atoms with Gasteiger partial charge >= 0.3 is 11.7 Å². The van der Waals surface area contributed by atoms with E-state index in [1.54, 1.807) is 0 Å². The highest BCUT2D eigenvalue weighted by molar-refractivity contribution is 7.99. The van der Waals surface area contributed by atoms with E-state index >= 15 is 0 Å². The van der Waals surface area contributed by atoms with Crippen LogP contribution in [0, 0.1) is 17.0 Å². The number of carboxylic acid groups (broad SMARTS) is 1. The predicted octanol–water partition coefficient (Wildman–Crippen LogP) is 0.318. The molecule has 0 aliphatic heterocycles. The van der Waals surface area contributed by atoms with Crippen molar-refractivity contribution in [1.29, 1.82) is 0 Å². The van der Waals surface area contributed by atoms with Crippen molar-refractivity contribution in [3.63, 3.8) is 0 Å². The maximum atomic E-state index is 11.0. The van der Waals surface area contributed by atoms with E-state index in [0.717, 1.165) is 11.8 Å². The lowest BCUT2D eigenvalue weighted by Gasteiger charge is -2.12. The van der Waals surface area contributed by atoms with Crippen LogP contribution in [0.2, 0.25) is 0 Å². The molecule has 1 atom stereocenters. The Morgan fingerprint density at radius 2 is 2.20 bits per heavy atom. The second kappa shape index (κ2) is 6.37. The summed E-state index contributed by atoms with van der Waals surface area (Å²) in [6.07, 6.45) is 0.